The summed E-state index contributed by atoms with van der Waals surface area (Å²) < 4.78 is 24.3. The van der Waals surface area contributed by atoms with Crippen LogP contribution in [-0.4, -0.2) is 75.5 Å². The third-order valence-corrected chi connectivity index (χ3v) is 8.90. The van der Waals surface area contributed by atoms with E-state index in [1.807, 2.05) is 78.3 Å². The van der Waals surface area contributed by atoms with Crippen molar-refractivity contribution in [3.8, 4) is 0 Å². The van der Waals surface area contributed by atoms with E-state index in [1.54, 1.807) is 17.0 Å². The monoisotopic (exact) mass is 712 g/mol. The van der Waals surface area contributed by atoms with Crippen LogP contribution in [0.3, 0.4) is 0 Å². The van der Waals surface area contributed by atoms with Crippen LogP contribution in [0.25, 0.3) is 11.0 Å². The van der Waals surface area contributed by atoms with Gasteiger partial charge in [-0.3, -0.25) is 4.79 Å². The van der Waals surface area contributed by atoms with Gasteiger partial charge in [-0.2, -0.15) is 0 Å². The summed E-state index contributed by atoms with van der Waals surface area (Å²) in [6.45, 7) is 17.8. The predicted octanol–water partition coefficient (Wildman–Crippen LogP) is 7.33. The highest BCUT2D eigenvalue weighted by Gasteiger charge is 2.28. The molecular formula is C41H52N4O7. The Labute approximate surface area is 306 Å². The predicted molar refractivity (Wildman–Crippen MR) is 198 cm³/mol. The van der Waals surface area contributed by atoms with Crippen LogP contribution in [0.15, 0.2) is 54.6 Å². The number of aryl methyl sites for hydroxylation is 1. The number of aromatic nitrogens is 3. The quantitative estimate of drug-likeness (QED) is 0.0844. The Balaban J connectivity index is 1.26. The second-order valence-corrected chi connectivity index (χ2v) is 15.3. The Hall–Kier alpha value is -4.77. The standard InChI is InChI=1S/C41H52N4O7/c1-9-50-36(46)25-34(31-15-14-29-18-20-44(26-32(29)24-31)39(48)52-41(6,7)8)33-16-17-35-37(27(33)2)42-43-45(35)21-23-49-22-19-28-10-12-30(13-11-28)38(47)51-40(3,4)5/h10-17,24,34H,9,18-23,25-26H2,1-8H3. The molecule has 1 aliphatic rings. The molecule has 4 aromatic rings. The van der Waals surface area contributed by atoms with Gasteiger partial charge in [-0.1, -0.05) is 41.6 Å². The number of esters is 2. The van der Waals surface area contributed by atoms with Crippen molar-refractivity contribution in [3.63, 3.8) is 0 Å². The van der Waals surface area contributed by atoms with E-state index in [-0.39, 0.29) is 30.4 Å². The number of nitrogens with zero attached hydrogens (tertiary/aromatic N) is 4. The summed E-state index contributed by atoms with van der Waals surface area (Å²) in [6.07, 6.45) is 1.28. The molecule has 1 amide bonds. The molecule has 0 bridgehead atoms. The molecule has 0 radical (unpaired) electrons. The van der Waals surface area contributed by atoms with E-state index in [2.05, 4.69) is 34.6 Å². The Morgan fingerprint density at radius 3 is 2.31 bits per heavy atom. The summed E-state index contributed by atoms with van der Waals surface area (Å²) in [4.78, 5) is 39.8. The second kappa shape index (κ2) is 16.3. The SMILES string of the molecule is CCOC(=O)CC(c1ccc2c(c1)CN(C(=O)OC(C)(C)C)CC2)c1ccc2c(nnn2CCOCCc2ccc(C(=O)OC(C)(C)C)cc2)c1C. The lowest BCUT2D eigenvalue weighted by Gasteiger charge is -2.32. The molecule has 0 spiro atoms. The van der Waals surface area contributed by atoms with E-state index in [9.17, 15) is 14.4 Å². The summed E-state index contributed by atoms with van der Waals surface area (Å²) in [5.74, 6) is -0.892. The minimum absolute atomic E-state index is 0.167. The van der Waals surface area contributed by atoms with Gasteiger partial charge in [-0.15, -0.1) is 5.10 Å². The number of hydrogen-bond acceptors (Lipinski definition) is 9. The molecule has 1 aliphatic heterocycles. The Kier molecular flexibility index (Phi) is 12.0. The van der Waals surface area contributed by atoms with Crippen molar-refractivity contribution in [1.82, 2.24) is 19.9 Å². The molecular weight excluding hydrogens is 660 g/mol. The molecule has 0 N–H and O–H groups in total. The normalized spacial score (nSPS) is 13.8. The van der Waals surface area contributed by atoms with Gasteiger partial charge >= 0.3 is 18.0 Å². The van der Waals surface area contributed by atoms with E-state index in [0.29, 0.717) is 51.4 Å². The van der Waals surface area contributed by atoms with Crippen LogP contribution in [0.2, 0.25) is 0 Å². The molecule has 52 heavy (non-hydrogen) atoms. The molecule has 0 saturated carbocycles. The van der Waals surface area contributed by atoms with Crippen LogP contribution in [0.1, 0.15) is 105 Å². The van der Waals surface area contributed by atoms with Gasteiger partial charge < -0.3 is 23.8 Å². The number of ether oxygens (including phenoxy) is 4. The zero-order valence-electron chi connectivity index (χ0n) is 31.8. The fraction of sp³-hybridized carbons (Fsp3) is 0.488. The maximum Gasteiger partial charge on any atom is 0.410 e. The first-order valence-corrected chi connectivity index (χ1v) is 18.1. The molecule has 1 unspecified atom stereocenters. The molecule has 3 aromatic carbocycles. The van der Waals surface area contributed by atoms with Crippen LogP contribution in [0.5, 0.6) is 0 Å². The average Bonchev–Trinajstić information content (AvgIpc) is 3.49. The van der Waals surface area contributed by atoms with Crippen molar-refractivity contribution in [2.24, 2.45) is 0 Å². The van der Waals surface area contributed by atoms with Gasteiger partial charge in [0.1, 0.15) is 16.7 Å². The van der Waals surface area contributed by atoms with Crippen LogP contribution < -0.4 is 0 Å². The maximum absolute atomic E-state index is 12.9. The lowest BCUT2D eigenvalue weighted by atomic mass is 9.83. The Morgan fingerprint density at radius 2 is 1.62 bits per heavy atom. The number of hydrogen-bond donors (Lipinski definition) is 0. The summed E-state index contributed by atoms with van der Waals surface area (Å²) in [5.41, 5.74) is 7.26. The zero-order chi connectivity index (χ0) is 37.6. The first-order chi connectivity index (χ1) is 24.6. The molecule has 278 valence electrons. The zero-order valence-corrected chi connectivity index (χ0v) is 31.8. The molecule has 2 heterocycles. The topological polar surface area (TPSA) is 122 Å². The highest BCUT2D eigenvalue weighted by Crippen LogP contribution is 2.35. The minimum Gasteiger partial charge on any atom is -0.466 e. The van der Waals surface area contributed by atoms with Crippen LogP contribution in [0, 0.1) is 6.92 Å². The van der Waals surface area contributed by atoms with Crippen LogP contribution >= 0.6 is 0 Å². The highest BCUT2D eigenvalue weighted by atomic mass is 16.6. The number of carbonyl (C=O) groups is 3. The molecule has 11 nitrogen and oxygen atoms in total. The lowest BCUT2D eigenvalue weighted by molar-refractivity contribution is -0.143. The summed E-state index contributed by atoms with van der Waals surface area (Å²) in [5, 5.41) is 8.97. The molecule has 11 heteroatoms. The minimum atomic E-state index is -0.574. The third kappa shape index (κ3) is 9.97. The van der Waals surface area contributed by atoms with Crippen LogP contribution in [0.4, 0.5) is 4.79 Å². The van der Waals surface area contributed by atoms with Gasteiger partial charge in [-0.25, -0.2) is 14.3 Å². The molecule has 1 aromatic heterocycles. The first-order valence-electron chi connectivity index (χ1n) is 18.1. The van der Waals surface area contributed by atoms with Crippen molar-refractivity contribution in [2.45, 2.75) is 105 Å². The van der Waals surface area contributed by atoms with Gasteiger partial charge in [0.2, 0.25) is 0 Å². The Bertz CT molecular complexity index is 1890. The maximum atomic E-state index is 12.9. The molecule has 0 aliphatic carbocycles. The van der Waals surface area contributed by atoms with Crippen molar-refractivity contribution in [2.75, 3.05) is 26.4 Å². The molecule has 5 rings (SSSR count). The second-order valence-electron chi connectivity index (χ2n) is 15.3. The van der Waals surface area contributed by atoms with Gasteiger partial charge in [0.15, 0.2) is 0 Å². The average molecular weight is 713 g/mol. The summed E-state index contributed by atoms with van der Waals surface area (Å²) >= 11 is 0. The molecule has 0 fully saturated rings. The first kappa shape index (κ1) is 38.5. The number of fused-ring (bicyclic) bond motifs is 2. The smallest absolute Gasteiger partial charge is 0.410 e. The van der Waals surface area contributed by atoms with Crippen molar-refractivity contribution < 1.29 is 33.3 Å². The summed E-state index contributed by atoms with van der Waals surface area (Å²) in [7, 11) is 0. The fourth-order valence-electron chi connectivity index (χ4n) is 6.38. The number of amides is 1. The Morgan fingerprint density at radius 1 is 0.885 bits per heavy atom. The van der Waals surface area contributed by atoms with Crippen LogP contribution in [-0.2, 0) is 49.7 Å². The van der Waals surface area contributed by atoms with Crippen molar-refractivity contribution in [1.29, 1.82) is 0 Å². The van der Waals surface area contributed by atoms with Gasteiger partial charge in [0.25, 0.3) is 0 Å². The van der Waals surface area contributed by atoms with E-state index < -0.39 is 11.2 Å². The van der Waals surface area contributed by atoms with Gasteiger partial charge in [-0.05, 0) is 120 Å². The van der Waals surface area contributed by atoms with Crippen molar-refractivity contribution >= 4 is 29.1 Å². The number of benzene rings is 3. The summed E-state index contributed by atoms with van der Waals surface area (Å²) in [6, 6.07) is 17.8. The van der Waals surface area contributed by atoms with E-state index in [1.165, 1.54) is 5.56 Å². The lowest BCUT2D eigenvalue weighted by Crippen LogP contribution is -2.39. The number of rotatable bonds is 12. The van der Waals surface area contributed by atoms with Gasteiger partial charge in [0, 0.05) is 19.0 Å². The van der Waals surface area contributed by atoms with Crippen molar-refractivity contribution in [3.05, 3.63) is 93.5 Å². The largest absolute Gasteiger partial charge is 0.466 e. The van der Waals surface area contributed by atoms with E-state index in [0.717, 1.165) is 45.3 Å². The van der Waals surface area contributed by atoms with E-state index in [4.69, 9.17) is 18.9 Å². The van der Waals surface area contributed by atoms with E-state index >= 15 is 0 Å². The number of carbonyl (C=O) groups excluding carboxylic acids is 3. The fourth-order valence-corrected chi connectivity index (χ4v) is 6.38. The molecule has 0 saturated heterocycles. The third-order valence-electron chi connectivity index (χ3n) is 8.90. The van der Waals surface area contributed by atoms with Gasteiger partial charge in [0.05, 0.1) is 43.9 Å². The molecule has 1 atom stereocenters. The highest BCUT2D eigenvalue weighted by molar-refractivity contribution is 5.89.